The van der Waals surface area contributed by atoms with Crippen molar-refractivity contribution in [2.24, 2.45) is 5.92 Å². The third kappa shape index (κ3) is 5.70. The van der Waals surface area contributed by atoms with Crippen LogP contribution >= 0.6 is 0 Å². The highest BCUT2D eigenvalue weighted by molar-refractivity contribution is 5.82. The number of carbonyl (C=O) groups is 2. The van der Waals surface area contributed by atoms with Crippen LogP contribution < -0.4 is 21.1 Å². The number of benzene rings is 2. The third-order valence-electron chi connectivity index (χ3n) is 4.55. The first-order valence-electron chi connectivity index (χ1n) is 8.97. The van der Waals surface area contributed by atoms with Crippen LogP contribution in [-0.2, 0) is 11.2 Å². The van der Waals surface area contributed by atoms with Gasteiger partial charge in [-0.25, -0.2) is 14.6 Å². The number of nitrogens with zero attached hydrogens (tertiary/aromatic N) is 1. The second kappa shape index (κ2) is 9.02. The summed E-state index contributed by atoms with van der Waals surface area (Å²) >= 11 is 0. The van der Waals surface area contributed by atoms with Gasteiger partial charge in [-0.1, -0.05) is 30.3 Å². The predicted octanol–water partition coefficient (Wildman–Crippen LogP) is 2.23. The van der Waals surface area contributed by atoms with Crippen molar-refractivity contribution in [2.45, 2.75) is 12.8 Å². The molecule has 0 spiro atoms. The molecule has 1 aliphatic heterocycles. The largest absolute Gasteiger partial charge is 0.371 e. The lowest BCUT2D eigenvalue weighted by molar-refractivity contribution is -0.121. The molecule has 1 fully saturated rings. The Balaban J connectivity index is 1.34. The molecule has 2 aromatic rings. The van der Waals surface area contributed by atoms with Crippen LogP contribution in [0.4, 0.5) is 14.9 Å². The van der Waals surface area contributed by atoms with Crippen molar-refractivity contribution in [1.29, 1.82) is 0 Å². The molecule has 6 nitrogen and oxygen atoms in total. The average Bonchev–Trinajstić information content (AvgIpc) is 3.16. The van der Waals surface area contributed by atoms with E-state index in [1.165, 1.54) is 30.0 Å². The van der Waals surface area contributed by atoms with Crippen molar-refractivity contribution in [3.63, 3.8) is 0 Å². The van der Waals surface area contributed by atoms with Crippen LogP contribution in [0.15, 0.2) is 54.6 Å². The van der Waals surface area contributed by atoms with E-state index in [2.05, 4.69) is 33.2 Å². The molecule has 3 amide bonds. The Hall–Kier alpha value is -3.09. The number of anilines is 1. The van der Waals surface area contributed by atoms with Gasteiger partial charge in [-0.05, 0) is 42.2 Å². The maximum Gasteiger partial charge on any atom is 0.333 e. The Bertz CT molecular complexity index is 767. The first-order valence-corrected chi connectivity index (χ1v) is 8.97. The SMILES string of the molecule is O=C(Cc1ccc(F)cc1)NNC(=O)NCC1CCN(c2ccccc2)C1. The number of urea groups is 1. The number of amides is 3. The number of halogens is 1. The van der Waals surface area contributed by atoms with Crippen LogP contribution in [0.2, 0.25) is 0 Å². The number of carbonyl (C=O) groups excluding carboxylic acids is 2. The summed E-state index contributed by atoms with van der Waals surface area (Å²) in [6, 6.07) is 15.4. The van der Waals surface area contributed by atoms with Crippen LogP contribution in [0.1, 0.15) is 12.0 Å². The summed E-state index contributed by atoms with van der Waals surface area (Å²) in [6.07, 6.45) is 1.07. The van der Waals surface area contributed by atoms with Gasteiger partial charge < -0.3 is 10.2 Å². The molecule has 0 aromatic heterocycles. The Labute approximate surface area is 157 Å². The number of nitrogens with one attached hydrogen (secondary N) is 3. The van der Waals surface area contributed by atoms with Gasteiger partial charge in [0.25, 0.3) is 0 Å². The summed E-state index contributed by atoms with van der Waals surface area (Å²) in [7, 11) is 0. The fourth-order valence-electron chi connectivity index (χ4n) is 3.11. The quantitative estimate of drug-likeness (QED) is 0.707. The Morgan fingerprint density at radius 2 is 1.78 bits per heavy atom. The van der Waals surface area contributed by atoms with Gasteiger partial charge >= 0.3 is 6.03 Å². The average molecular weight is 370 g/mol. The van der Waals surface area contributed by atoms with Gasteiger partial charge in [0.15, 0.2) is 0 Å². The number of rotatable bonds is 5. The van der Waals surface area contributed by atoms with Crippen molar-refractivity contribution < 1.29 is 14.0 Å². The van der Waals surface area contributed by atoms with Crippen LogP contribution in [0.3, 0.4) is 0 Å². The molecule has 1 atom stereocenters. The Kier molecular flexibility index (Phi) is 6.25. The number of hydrazine groups is 1. The smallest absolute Gasteiger partial charge is 0.333 e. The maximum atomic E-state index is 12.8. The zero-order chi connectivity index (χ0) is 19.1. The van der Waals surface area contributed by atoms with Crippen molar-refractivity contribution in [3.05, 3.63) is 66.0 Å². The molecule has 7 heteroatoms. The standard InChI is InChI=1S/C20H23FN4O2/c21-17-8-6-15(7-9-17)12-19(26)23-24-20(27)22-13-16-10-11-25(14-16)18-4-2-1-3-5-18/h1-9,16H,10-14H2,(H,23,26)(H2,22,24,27). The van der Waals surface area contributed by atoms with Crippen molar-refractivity contribution >= 4 is 17.6 Å². The zero-order valence-electron chi connectivity index (χ0n) is 15.0. The van der Waals surface area contributed by atoms with Gasteiger partial charge in [-0.3, -0.25) is 10.2 Å². The first-order chi connectivity index (χ1) is 13.1. The highest BCUT2D eigenvalue weighted by Crippen LogP contribution is 2.22. The van der Waals surface area contributed by atoms with Crippen LogP contribution in [0, 0.1) is 11.7 Å². The topological polar surface area (TPSA) is 73.5 Å². The molecular formula is C20H23FN4O2. The van der Waals surface area contributed by atoms with E-state index in [1.807, 2.05) is 18.2 Å². The van der Waals surface area contributed by atoms with E-state index in [4.69, 9.17) is 0 Å². The molecule has 2 aromatic carbocycles. The van der Waals surface area contributed by atoms with Gasteiger partial charge in [0.2, 0.25) is 5.91 Å². The van der Waals surface area contributed by atoms with Gasteiger partial charge in [-0.15, -0.1) is 0 Å². The highest BCUT2D eigenvalue weighted by atomic mass is 19.1. The Morgan fingerprint density at radius 3 is 2.52 bits per heavy atom. The van der Waals surface area contributed by atoms with Gasteiger partial charge in [0.1, 0.15) is 5.82 Å². The second-order valence-corrected chi connectivity index (χ2v) is 6.62. The number of hydrogen-bond acceptors (Lipinski definition) is 3. The highest BCUT2D eigenvalue weighted by Gasteiger charge is 2.22. The van der Waals surface area contributed by atoms with Crippen molar-refractivity contribution in [1.82, 2.24) is 16.2 Å². The lowest BCUT2D eigenvalue weighted by atomic mass is 10.1. The van der Waals surface area contributed by atoms with E-state index in [9.17, 15) is 14.0 Å². The second-order valence-electron chi connectivity index (χ2n) is 6.62. The molecule has 0 saturated carbocycles. The van der Waals surface area contributed by atoms with E-state index >= 15 is 0 Å². The normalized spacial score (nSPS) is 16.0. The van der Waals surface area contributed by atoms with Gasteiger partial charge in [0, 0.05) is 25.3 Å². The number of para-hydroxylation sites is 1. The number of hydrogen-bond donors (Lipinski definition) is 3. The molecule has 1 unspecified atom stereocenters. The van der Waals surface area contributed by atoms with Crippen molar-refractivity contribution in [2.75, 3.05) is 24.5 Å². The molecule has 1 aliphatic rings. The van der Waals surface area contributed by atoms with Crippen LogP contribution in [-0.4, -0.2) is 31.6 Å². The maximum absolute atomic E-state index is 12.8. The predicted molar refractivity (Wildman–Crippen MR) is 102 cm³/mol. The summed E-state index contributed by atoms with van der Waals surface area (Å²) in [4.78, 5) is 26.0. The van der Waals surface area contributed by atoms with E-state index in [0.717, 1.165) is 19.5 Å². The lowest BCUT2D eigenvalue weighted by Gasteiger charge is -2.18. The lowest BCUT2D eigenvalue weighted by Crippen LogP contribution is -2.48. The van der Waals surface area contributed by atoms with E-state index in [0.29, 0.717) is 18.0 Å². The fourth-order valence-corrected chi connectivity index (χ4v) is 3.11. The van der Waals surface area contributed by atoms with Gasteiger partial charge in [-0.2, -0.15) is 0 Å². The molecule has 1 heterocycles. The van der Waals surface area contributed by atoms with Crippen LogP contribution in [0.5, 0.6) is 0 Å². The molecule has 0 radical (unpaired) electrons. The molecule has 1 saturated heterocycles. The molecule has 3 N–H and O–H groups in total. The molecule has 3 rings (SSSR count). The minimum atomic E-state index is -0.444. The van der Waals surface area contributed by atoms with Gasteiger partial charge in [0.05, 0.1) is 6.42 Å². The van der Waals surface area contributed by atoms with Crippen LogP contribution in [0.25, 0.3) is 0 Å². The molecule has 0 bridgehead atoms. The van der Waals surface area contributed by atoms with E-state index in [-0.39, 0.29) is 18.1 Å². The third-order valence-corrected chi connectivity index (χ3v) is 4.55. The molecular weight excluding hydrogens is 347 g/mol. The fraction of sp³-hybridized carbons (Fsp3) is 0.300. The summed E-state index contributed by atoms with van der Waals surface area (Å²) in [5.41, 5.74) is 6.56. The first kappa shape index (κ1) is 18.7. The van der Waals surface area contributed by atoms with E-state index in [1.54, 1.807) is 0 Å². The zero-order valence-corrected chi connectivity index (χ0v) is 15.0. The molecule has 142 valence electrons. The monoisotopic (exact) mass is 370 g/mol. The van der Waals surface area contributed by atoms with Crippen molar-refractivity contribution in [3.8, 4) is 0 Å². The molecule has 0 aliphatic carbocycles. The molecule has 27 heavy (non-hydrogen) atoms. The van der Waals surface area contributed by atoms with E-state index < -0.39 is 6.03 Å². The summed E-state index contributed by atoms with van der Waals surface area (Å²) < 4.78 is 12.8. The minimum absolute atomic E-state index is 0.0647. The Morgan fingerprint density at radius 1 is 1.04 bits per heavy atom. The summed E-state index contributed by atoms with van der Waals surface area (Å²) in [5, 5.41) is 2.78. The summed E-state index contributed by atoms with van der Waals surface area (Å²) in [5.74, 6) is -0.354. The summed E-state index contributed by atoms with van der Waals surface area (Å²) in [6.45, 7) is 2.40. The minimum Gasteiger partial charge on any atom is -0.371 e.